The molecule has 14 saturated carbocycles. The van der Waals surface area contributed by atoms with Gasteiger partial charge < -0.3 is 61.3 Å². The summed E-state index contributed by atoms with van der Waals surface area (Å²) in [5.41, 5.74) is -27.5. The van der Waals surface area contributed by atoms with Crippen molar-refractivity contribution in [3.63, 3.8) is 0 Å². The van der Waals surface area contributed by atoms with E-state index in [0.717, 1.165) is 12.2 Å². The molecule has 16 rings (SSSR count). The summed E-state index contributed by atoms with van der Waals surface area (Å²) < 4.78 is 159. The molecule has 13 N–H and O–H groups in total. The smallest absolute Gasteiger partial charge is 0.426 e. The van der Waals surface area contributed by atoms with E-state index in [1.54, 1.807) is 69.2 Å². The number of carbonyl (C=O) groups is 8. The minimum Gasteiger partial charge on any atom is -0.479 e. The molecule has 16 aliphatic carbocycles. The highest BCUT2D eigenvalue weighted by Crippen LogP contribution is 2.78. The van der Waals surface area contributed by atoms with Crippen LogP contribution in [-0.2, 0) is 46.6 Å². The third-order valence-electron chi connectivity index (χ3n) is 36.3. The summed E-state index contributed by atoms with van der Waals surface area (Å²) in [6.07, 6.45) is -5.20. The Balaban J connectivity index is 0.000000183. The molecule has 0 aromatic rings. The zero-order chi connectivity index (χ0) is 93.8. The van der Waals surface area contributed by atoms with Gasteiger partial charge in [-0.25, -0.2) is 54.8 Å². The molecule has 124 heavy (non-hydrogen) atoms. The largest absolute Gasteiger partial charge is 0.479 e. The van der Waals surface area contributed by atoms with Crippen LogP contribution in [-0.4, -0.2) is 224 Å². The summed E-state index contributed by atoms with van der Waals surface area (Å²) >= 11 is 6.38. The number of allylic oxidation sites excluding steroid dienone is 8. The summed E-state index contributed by atoms with van der Waals surface area (Å²) in [6, 6.07) is 0. The van der Waals surface area contributed by atoms with E-state index in [0.29, 0.717) is 0 Å². The minimum absolute atomic E-state index is 0. The second-order valence-electron chi connectivity index (χ2n) is 40.8. The summed E-state index contributed by atoms with van der Waals surface area (Å²) in [4.78, 5) is 95.1. The molecule has 39 heteroatoms. The lowest BCUT2D eigenvalue weighted by atomic mass is 9.41. The van der Waals surface area contributed by atoms with Gasteiger partial charge in [-0.3, -0.25) is 34.3 Å². The average Bonchev–Trinajstić information content (AvgIpc) is 1.43. The van der Waals surface area contributed by atoms with Crippen LogP contribution in [0.4, 0.5) is 35.1 Å². The molecular formula is C85H117Br4F8IO26. The zero-order valence-electron chi connectivity index (χ0n) is 70.4. The van der Waals surface area contributed by atoms with Crippen molar-refractivity contribution in [2.75, 3.05) is 6.61 Å². The summed E-state index contributed by atoms with van der Waals surface area (Å²) in [5.74, 6) is -16.4. The summed E-state index contributed by atoms with van der Waals surface area (Å²) in [6.45, 7) is 18.3. The van der Waals surface area contributed by atoms with E-state index in [4.69, 9.17) is 5.26 Å². The number of rotatable bonds is 7. The predicted molar refractivity (Wildman–Crippen MR) is 431 cm³/mol. The van der Waals surface area contributed by atoms with E-state index in [2.05, 4.69) is 68.4 Å². The number of aliphatic hydroxyl groups is 9. The van der Waals surface area contributed by atoms with Crippen molar-refractivity contribution >= 4 is 107 Å². The minimum atomic E-state index is -5.74. The zero-order valence-corrected chi connectivity index (χ0v) is 78.9. The first-order chi connectivity index (χ1) is 56.8. The fourth-order valence-electron chi connectivity index (χ4n) is 30.0. The van der Waals surface area contributed by atoms with E-state index in [9.17, 15) is 110 Å². The van der Waals surface area contributed by atoms with Crippen LogP contribution in [0.15, 0.2) is 47.6 Å². The highest BCUT2D eigenvalue weighted by atomic mass is 127. The standard InChI is InChI=1S/C22H28F2O5.C21H28Br2F2O5.C21H30F2O5.C21H26F2O5.Br2.HIO6.2H2/c1-11-6-13-14-8-16(23)15-7-12(26)4-5-19(15,2)21(14,24)17(27)9-20(13,3)22(11,29)18(28)10-25;1-8-4-9-10-5-12(24)14-15(23)16(27)11(22)6-19(14,3)20(10,25)13(26)7-18(9,2)21(8,30)17(28)29;2*1-10-6-12-13-8-15(22)14-7-11(24)4-5-18(14,2)20(13,23)16(25)9-19(12,3)21(10,28)17(26)27;1-2;2-1(3,4)6-7-5;;/h4-5,7,11,13-14,16-17,25,27,29H,6,8-10H2,1-3H3;8-15,26,30H,4-7H2,1-3H3,(H,28,29);10,12-16,25,28H,4-9H2,1-3H3,(H,26,27);4-5,7,10,12-13,15-16,25,28H,6,8-9H2,1-3H3,(H,26,27);;5H;2*1H/t11-,13?,14?,16+,17+,19+,20+,21+,22+;8-,9?,10?,11?,12+,13+,14?,15?,18+,19+,20+,21+;10-,12?,13?,14?,15+,16+,18+,19+,20+,21+;10-,12?,13?,15+,16+,18+,19+,20+,21+;;;;/m1111..../s1. The lowest BCUT2D eigenvalue weighted by molar-refractivity contribution is -1.93. The first-order valence-corrected chi connectivity index (χ1v) is 50.9. The highest BCUT2D eigenvalue weighted by Gasteiger charge is 2.84. The Morgan fingerprint density at radius 3 is 1.14 bits per heavy atom. The second kappa shape index (κ2) is 33.4. The fourth-order valence-corrected chi connectivity index (χ4v) is 32.8. The second-order valence-corrected chi connectivity index (χ2v) is 45.4. The molecule has 26 nitrogen and oxygen atoms in total. The lowest BCUT2D eigenvalue weighted by Gasteiger charge is -2.66. The van der Waals surface area contributed by atoms with Gasteiger partial charge in [-0.15, -0.1) is 0 Å². The van der Waals surface area contributed by atoms with E-state index in [1.807, 2.05) is 0 Å². The van der Waals surface area contributed by atoms with Gasteiger partial charge >= 0.3 is 38.0 Å². The Morgan fingerprint density at radius 2 is 0.806 bits per heavy atom. The molecule has 0 saturated heterocycles. The van der Waals surface area contributed by atoms with Gasteiger partial charge in [0.1, 0.15) is 54.0 Å². The molecule has 0 aromatic carbocycles. The van der Waals surface area contributed by atoms with Gasteiger partial charge in [-0.2, -0.15) is 0 Å². The van der Waals surface area contributed by atoms with E-state index in [1.165, 1.54) is 38.2 Å². The topological polar surface area (TPSA) is 487 Å². The van der Waals surface area contributed by atoms with Crippen LogP contribution in [0.25, 0.3) is 0 Å². The van der Waals surface area contributed by atoms with Crippen molar-refractivity contribution in [1.29, 1.82) is 0 Å². The van der Waals surface area contributed by atoms with Crippen molar-refractivity contribution in [2.24, 2.45) is 126 Å². The number of hydrogen-bond donors (Lipinski definition) is 13. The van der Waals surface area contributed by atoms with Crippen molar-refractivity contribution in [3.8, 4) is 0 Å². The Hall–Kier alpha value is -2.79. The van der Waals surface area contributed by atoms with Crippen LogP contribution in [0.2, 0.25) is 0 Å². The summed E-state index contributed by atoms with van der Waals surface area (Å²) in [7, 11) is 0. The first kappa shape index (κ1) is 102. The molecule has 40 atom stereocenters. The SMILES string of the molecule is BrBr.C[C@@H]1CC2C3C[C@H](F)C4=CC(=O)C=C[C@]4(C)[C@@]3(F)[C@@H](O)C[C@]2(C)[C@@]1(O)C(=O)CO.C[C@@H]1CC2C3C[C@H](F)C4=CC(=O)C=C[C@]4(C)[C@@]3(F)[C@@H](O)C[C@]2(C)[C@@]1(O)C(=O)O.C[C@@H]1CC2C3C[C@H](F)C4C(Br)C(=O)C(Br)C[C@]4(C)[C@@]3(F)[C@@H](O)C[C@]2(C)[C@@]1(O)C(=O)O.C[C@@H]1CC2C3C[C@H](F)C4CC(=O)CC[C@]4(C)[C@@]3(F)[C@@H](O)C[C@]2(C)[C@@]1(O)C(=O)O.[HH].[HH].[O-][I+3]([O-])([O-])OOO. The predicted octanol–water partition coefficient (Wildman–Crippen LogP) is 5.79. The van der Waals surface area contributed by atoms with Crippen LogP contribution in [0.3, 0.4) is 0 Å². The number of carboxylic acids is 3. The van der Waals surface area contributed by atoms with Gasteiger partial charge in [0.15, 0.2) is 51.3 Å². The van der Waals surface area contributed by atoms with E-state index < -0.39 is 292 Å². The third-order valence-corrected chi connectivity index (χ3v) is 38.7. The number of halogens is 13. The van der Waals surface area contributed by atoms with Crippen LogP contribution >= 0.6 is 60.1 Å². The molecule has 0 radical (unpaired) electrons. The van der Waals surface area contributed by atoms with Gasteiger partial charge in [-0.05, 0) is 187 Å². The monoisotopic (exact) mass is 2150 g/mol. The molecular weight excluding hydrogens is 2040 g/mol. The van der Waals surface area contributed by atoms with E-state index in [-0.39, 0.29) is 128 Å². The quantitative estimate of drug-likeness (QED) is 0.0471. The maximum absolute atomic E-state index is 17.2. The molecule has 14 fully saturated rings. The molecule has 704 valence electrons. The molecule has 0 bridgehead atoms. The number of aliphatic carboxylic acids is 3. The average molecular weight is 2150 g/mol. The maximum atomic E-state index is 17.2. The number of Topliss-reactive ketones (excluding diaryl/α,β-unsaturated/α-hetero) is 3. The Morgan fingerprint density at radius 1 is 0.484 bits per heavy atom. The van der Waals surface area contributed by atoms with Crippen molar-refractivity contribution < 1.29 is 182 Å². The van der Waals surface area contributed by atoms with Crippen LogP contribution in [0.1, 0.15) is 189 Å². The van der Waals surface area contributed by atoms with Crippen molar-refractivity contribution in [1.82, 2.24) is 0 Å². The van der Waals surface area contributed by atoms with Gasteiger partial charge in [0.25, 0.3) is 0 Å². The Labute approximate surface area is 753 Å². The lowest BCUT2D eigenvalue weighted by Crippen LogP contribution is -4.24. The van der Waals surface area contributed by atoms with Gasteiger partial charge in [0.2, 0.25) is 3.22 Å². The molecule has 0 aromatic heterocycles. The third kappa shape index (κ3) is 13.6. The number of alkyl halides is 10. The Bertz CT molecular complexity index is 4420. The number of aliphatic hydroxyl groups excluding tert-OH is 5. The Kier molecular flexibility index (Phi) is 27.4. The van der Waals surface area contributed by atoms with Crippen LogP contribution in [0.5, 0.6) is 0 Å². The van der Waals surface area contributed by atoms with E-state index >= 15 is 35.1 Å². The number of ketones is 5. The number of carboxylic acid groups (broad SMARTS) is 3. The van der Waals surface area contributed by atoms with Gasteiger partial charge in [0, 0.05) is 128 Å². The molecule has 0 amide bonds. The first-order valence-electron chi connectivity index (χ1n) is 41.9. The van der Waals surface area contributed by atoms with Gasteiger partial charge in [0.05, 0.1) is 34.1 Å². The highest BCUT2D eigenvalue weighted by molar-refractivity contribution is 9.93. The van der Waals surface area contributed by atoms with Crippen LogP contribution < -0.4 is 30.4 Å². The van der Waals surface area contributed by atoms with Crippen LogP contribution in [0, 0.1) is 126 Å². The number of hydrogen-bond acceptors (Lipinski definition) is 23. The normalized spacial score (nSPS) is 53.6. The van der Waals surface area contributed by atoms with Crippen molar-refractivity contribution in [3.05, 3.63) is 47.6 Å². The molecule has 0 spiro atoms. The molecule has 0 heterocycles. The molecule has 16 aliphatic rings. The molecule has 0 aliphatic heterocycles. The summed E-state index contributed by atoms with van der Waals surface area (Å²) in [5, 5.41) is 138. The van der Waals surface area contributed by atoms with Gasteiger partial charge in [-0.1, -0.05) is 113 Å². The fraction of sp³-hybridized carbons (Fsp3) is 0.812. The number of carbonyl (C=O) groups excluding carboxylic acids is 5. The molecule has 12 unspecified atom stereocenters. The van der Waals surface area contributed by atoms with Crippen molar-refractivity contribution in [2.45, 2.75) is 290 Å². The maximum Gasteiger partial charge on any atom is 0.426 e. The number of fused-ring (bicyclic) bond motifs is 20.